The van der Waals surface area contributed by atoms with E-state index in [0.29, 0.717) is 11.3 Å². The second-order valence-corrected chi connectivity index (χ2v) is 13.8. The van der Waals surface area contributed by atoms with E-state index >= 15 is 0 Å². The predicted molar refractivity (Wildman–Crippen MR) is 179 cm³/mol. The number of anilines is 1. The van der Waals surface area contributed by atoms with Crippen LogP contribution in [0.15, 0.2) is 108 Å². The number of hydrogen-bond acceptors (Lipinski definition) is 6. The molecule has 0 aliphatic heterocycles. The highest BCUT2D eigenvalue weighted by atomic mass is 32.2. The van der Waals surface area contributed by atoms with E-state index in [4.69, 9.17) is 9.47 Å². The fourth-order valence-electron chi connectivity index (χ4n) is 5.02. The van der Waals surface area contributed by atoms with Crippen LogP contribution in [-0.2, 0) is 32.6 Å². The summed E-state index contributed by atoms with van der Waals surface area (Å²) in [5, 5.41) is 2.98. The summed E-state index contributed by atoms with van der Waals surface area (Å²) < 4.78 is 54.1. The third-order valence-corrected chi connectivity index (χ3v) is 9.07. The number of nitrogens with zero attached hydrogens (tertiary/aromatic N) is 2. The van der Waals surface area contributed by atoms with E-state index in [2.05, 4.69) is 5.32 Å². The average molecular weight is 662 g/mol. The van der Waals surface area contributed by atoms with Crippen LogP contribution in [0.4, 0.5) is 10.1 Å². The summed E-state index contributed by atoms with van der Waals surface area (Å²) in [6, 6.07) is 26.3. The largest absolute Gasteiger partial charge is 0.493 e. The second-order valence-electron chi connectivity index (χ2n) is 12.0. The molecule has 4 aromatic rings. The lowest BCUT2D eigenvalue weighted by atomic mass is 10.0. The van der Waals surface area contributed by atoms with Gasteiger partial charge in [-0.25, -0.2) is 12.8 Å². The third kappa shape index (κ3) is 9.10. The van der Waals surface area contributed by atoms with Crippen molar-refractivity contribution in [1.29, 1.82) is 0 Å². The maximum Gasteiger partial charge on any atom is 0.264 e. The topological polar surface area (TPSA) is 105 Å². The Bertz CT molecular complexity index is 1760. The first kappa shape index (κ1) is 35.0. The lowest BCUT2D eigenvalue weighted by Crippen LogP contribution is -2.56. The second kappa shape index (κ2) is 15.1. The molecule has 9 nitrogen and oxygen atoms in total. The number of benzene rings is 4. The van der Waals surface area contributed by atoms with Crippen molar-refractivity contribution in [3.05, 3.63) is 120 Å². The number of sulfonamides is 1. The van der Waals surface area contributed by atoms with E-state index in [1.807, 2.05) is 51.1 Å². The first-order valence-electron chi connectivity index (χ1n) is 15.0. The van der Waals surface area contributed by atoms with Crippen LogP contribution >= 0.6 is 0 Å². The third-order valence-electron chi connectivity index (χ3n) is 7.30. The molecule has 4 rings (SSSR count). The summed E-state index contributed by atoms with van der Waals surface area (Å²) in [5.74, 6) is -0.951. The van der Waals surface area contributed by atoms with Gasteiger partial charge in [0.25, 0.3) is 10.0 Å². The zero-order valence-electron chi connectivity index (χ0n) is 27.1. The van der Waals surface area contributed by atoms with Gasteiger partial charge in [-0.1, -0.05) is 60.7 Å². The van der Waals surface area contributed by atoms with Crippen molar-refractivity contribution in [1.82, 2.24) is 10.2 Å². The minimum absolute atomic E-state index is 0.0762. The number of amides is 2. The molecule has 47 heavy (non-hydrogen) atoms. The van der Waals surface area contributed by atoms with Crippen molar-refractivity contribution in [3.8, 4) is 11.5 Å². The van der Waals surface area contributed by atoms with Gasteiger partial charge in [-0.3, -0.25) is 13.9 Å². The maximum atomic E-state index is 14.5. The van der Waals surface area contributed by atoms with Crippen LogP contribution in [0.2, 0.25) is 0 Å². The number of halogens is 1. The normalized spacial score (nSPS) is 12.1. The molecule has 0 bridgehead atoms. The molecule has 0 saturated carbocycles. The minimum Gasteiger partial charge on any atom is -0.493 e. The van der Waals surface area contributed by atoms with Crippen molar-refractivity contribution >= 4 is 27.5 Å². The molecule has 11 heteroatoms. The Morgan fingerprint density at radius 1 is 0.809 bits per heavy atom. The van der Waals surface area contributed by atoms with Gasteiger partial charge in [0.05, 0.1) is 24.8 Å². The standard InChI is InChI=1S/C36H40FN3O6S/c1-36(2,3)38-35(42)31(22-26-12-8-6-9-13-26)39(24-27-16-18-28(37)19-17-27)34(41)25-40(29-14-10-7-11-15-29)47(43,44)30-20-21-32(45-4)33(23-30)46-5/h6-21,23,31H,22,24-25H2,1-5H3,(H,38,42)/t31-/m1/s1. The monoisotopic (exact) mass is 661 g/mol. The maximum absolute atomic E-state index is 14.5. The number of carbonyl (C=O) groups excluding carboxylic acids is 2. The average Bonchev–Trinajstić information content (AvgIpc) is 3.05. The first-order chi connectivity index (χ1) is 22.3. The zero-order chi connectivity index (χ0) is 34.2. The van der Waals surface area contributed by atoms with Crippen molar-refractivity contribution in [2.45, 2.75) is 50.2 Å². The molecule has 1 N–H and O–H groups in total. The Kier molecular flexibility index (Phi) is 11.3. The number of para-hydroxylation sites is 1. The SMILES string of the molecule is COc1ccc(S(=O)(=O)N(CC(=O)N(Cc2ccc(F)cc2)[C@H](Cc2ccccc2)C(=O)NC(C)(C)C)c2ccccc2)cc1OC. The van der Waals surface area contributed by atoms with E-state index in [0.717, 1.165) is 9.87 Å². The molecule has 0 unspecified atom stereocenters. The van der Waals surface area contributed by atoms with Gasteiger partial charge in [-0.05, 0) is 68.3 Å². The summed E-state index contributed by atoms with van der Waals surface area (Å²) in [6.07, 6.45) is 0.156. The molecule has 0 aliphatic rings. The van der Waals surface area contributed by atoms with Crippen LogP contribution in [-0.4, -0.2) is 57.5 Å². The Morgan fingerprint density at radius 3 is 1.98 bits per heavy atom. The molecule has 0 aromatic heterocycles. The predicted octanol–water partition coefficient (Wildman–Crippen LogP) is 5.59. The van der Waals surface area contributed by atoms with E-state index in [1.54, 1.807) is 30.3 Å². The molecule has 0 heterocycles. The Labute approximate surface area is 276 Å². The molecule has 2 amide bonds. The van der Waals surface area contributed by atoms with E-state index in [1.165, 1.54) is 61.6 Å². The van der Waals surface area contributed by atoms with Crippen LogP contribution < -0.4 is 19.1 Å². The molecule has 1 atom stereocenters. The highest BCUT2D eigenvalue weighted by Crippen LogP contribution is 2.32. The molecule has 0 spiro atoms. The van der Waals surface area contributed by atoms with Crippen LogP contribution in [0.5, 0.6) is 11.5 Å². The lowest BCUT2D eigenvalue weighted by Gasteiger charge is -2.35. The number of methoxy groups -OCH3 is 2. The van der Waals surface area contributed by atoms with E-state index < -0.39 is 45.8 Å². The van der Waals surface area contributed by atoms with E-state index in [-0.39, 0.29) is 29.3 Å². The van der Waals surface area contributed by atoms with Crippen LogP contribution in [0, 0.1) is 5.82 Å². The minimum atomic E-state index is -4.35. The van der Waals surface area contributed by atoms with Crippen LogP contribution in [0.1, 0.15) is 31.9 Å². The summed E-state index contributed by atoms with van der Waals surface area (Å²) in [6.45, 7) is 4.81. The van der Waals surface area contributed by atoms with Crippen molar-refractivity contribution < 1.29 is 31.9 Å². The van der Waals surface area contributed by atoms with E-state index in [9.17, 15) is 22.4 Å². The molecular weight excluding hydrogens is 621 g/mol. The van der Waals surface area contributed by atoms with Gasteiger partial charge in [0, 0.05) is 24.6 Å². The number of carbonyl (C=O) groups is 2. The van der Waals surface area contributed by atoms with Crippen molar-refractivity contribution in [2.24, 2.45) is 0 Å². The molecule has 0 fully saturated rings. The highest BCUT2D eigenvalue weighted by Gasteiger charge is 2.36. The number of nitrogens with one attached hydrogen (secondary N) is 1. The van der Waals surface area contributed by atoms with Gasteiger partial charge < -0.3 is 19.7 Å². The molecule has 248 valence electrons. The smallest absolute Gasteiger partial charge is 0.264 e. The van der Waals surface area contributed by atoms with Gasteiger partial charge >= 0.3 is 0 Å². The summed E-state index contributed by atoms with van der Waals surface area (Å²) >= 11 is 0. The van der Waals surface area contributed by atoms with Crippen LogP contribution in [0.3, 0.4) is 0 Å². The first-order valence-corrected chi connectivity index (χ1v) is 16.5. The van der Waals surface area contributed by atoms with Crippen molar-refractivity contribution in [3.63, 3.8) is 0 Å². The van der Waals surface area contributed by atoms with Gasteiger partial charge in [0.15, 0.2) is 11.5 Å². The molecule has 0 saturated heterocycles. The summed E-state index contributed by atoms with van der Waals surface area (Å²) in [5.41, 5.74) is 0.992. The Balaban J connectivity index is 1.82. The molecule has 0 radical (unpaired) electrons. The van der Waals surface area contributed by atoms with Gasteiger partial charge in [-0.2, -0.15) is 0 Å². The quantitative estimate of drug-likeness (QED) is 0.200. The summed E-state index contributed by atoms with van der Waals surface area (Å²) in [7, 11) is -1.51. The fourth-order valence-corrected chi connectivity index (χ4v) is 6.45. The Morgan fingerprint density at radius 2 is 1.40 bits per heavy atom. The fraction of sp³-hybridized carbons (Fsp3) is 0.278. The highest BCUT2D eigenvalue weighted by molar-refractivity contribution is 7.92. The van der Waals surface area contributed by atoms with Crippen molar-refractivity contribution in [2.75, 3.05) is 25.1 Å². The molecule has 4 aromatic carbocycles. The van der Waals surface area contributed by atoms with Gasteiger partial charge in [0.1, 0.15) is 18.4 Å². The zero-order valence-corrected chi connectivity index (χ0v) is 28.0. The lowest BCUT2D eigenvalue weighted by molar-refractivity contribution is -0.140. The Hall–Kier alpha value is -4.90. The molecular formula is C36H40FN3O6S. The number of rotatable bonds is 13. The number of hydrogen-bond donors (Lipinski definition) is 1. The number of ether oxygens (including phenoxy) is 2. The van der Waals surface area contributed by atoms with Gasteiger partial charge in [0.2, 0.25) is 11.8 Å². The van der Waals surface area contributed by atoms with Crippen LogP contribution in [0.25, 0.3) is 0 Å². The van der Waals surface area contributed by atoms with Gasteiger partial charge in [-0.15, -0.1) is 0 Å². The summed E-state index contributed by atoms with van der Waals surface area (Å²) in [4.78, 5) is 29.7. The molecule has 0 aliphatic carbocycles.